The largest absolute Gasteiger partial charge is 0.352 e. The van der Waals surface area contributed by atoms with Crippen LogP contribution in [0, 0.1) is 0 Å². The van der Waals surface area contributed by atoms with E-state index in [-0.39, 0.29) is 28.7 Å². The van der Waals surface area contributed by atoms with Crippen LogP contribution in [0.25, 0.3) is 0 Å². The lowest BCUT2D eigenvalue weighted by molar-refractivity contribution is 0.0952. The third-order valence-corrected chi connectivity index (χ3v) is 8.19. The number of carbonyl (C=O) groups excluding carboxylic acids is 1. The lowest BCUT2D eigenvalue weighted by Gasteiger charge is -2.17. The molecule has 0 aromatic heterocycles. The Kier molecular flexibility index (Phi) is 7.00. The van der Waals surface area contributed by atoms with Gasteiger partial charge in [-0.1, -0.05) is 25.6 Å². The van der Waals surface area contributed by atoms with E-state index in [9.17, 15) is 13.2 Å². The number of anilines is 1. The Bertz CT molecular complexity index is 820. The van der Waals surface area contributed by atoms with Gasteiger partial charge in [0.05, 0.1) is 17.5 Å². The van der Waals surface area contributed by atoms with Crippen LogP contribution >= 0.6 is 11.8 Å². The molecule has 2 atom stereocenters. The Labute approximate surface area is 171 Å². The van der Waals surface area contributed by atoms with E-state index in [4.69, 9.17) is 0 Å². The van der Waals surface area contributed by atoms with E-state index >= 15 is 0 Å². The molecule has 28 heavy (non-hydrogen) atoms. The third kappa shape index (κ3) is 5.48. The molecule has 2 heterocycles. The summed E-state index contributed by atoms with van der Waals surface area (Å²) in [6.45, 7) is 7.98. The van der Waals surface area contributed by atoms with Gasteiger partial charge in [0, 0.05) is 23.0 Å². The summed E-state index contributed by atoms with van der Waals surface area (Å²) >= 11 is 1.48. The third-order valence-electron chi connectivity index (χ3n) is 5.05. The molecule has 0 bridgehead atoms. The van der Waals surface area contributed by atoms with Gasteiger partial charge in [-0.05, 0) is 50.3 Å². The number of amides is 1. The predicted molar refractivity (Wildman–Crippen MR) is 116 cm³/mol. The molecular formula is C19H28N4O3S2. The van der Waals surface area contributed by atoms with E-state index in [1.54, 1.807) is 12.1 Å². The number of thioether (sulfide) groups is 1. The summed E-state index contributed by atoms with van der Waals surface area (Å²) in [5.41, 5.74) is 1.46. The van der Waals surface area contributed by atoms with Gasteiger partial charge in [0.1, 0.15) is 0 Å². The lowest BCUT2D eigenvalue weighted by Crippen LogP contribution is -2.29. The average Bonchev–Trinajstić information content (AvgIpc) is 3.14. The Morgan fingerprint density at radius 2 is 1.93 bits per heavy atom. The molecule has 1 amide bonds. The van der Waals surface area contributed by atoms with Crippen molar-refractivity contribution < 1.29 is 13.2 Å². The standard InChI is InChI=1S/C19H28N4O3S2/c1-3-23(4-2)11-5-10-20-18(24)14-6-8-15(9-7-14)21-19-22-16-12-28(25,26)13-17(16)27-19/h6-9,16-17H,3-5,10-13H2,1-2H3,(H,20,24)(H,21,22)/t16-,17-/m0/s1. The summed E-state index contributed by atoms with van der Waals surface area (Å²) in [5.74, 6) is 0.270. The smallest absolute Gasteiger partial charge is 0.251 e. The zero-order valence-electron chi connectivity index (χ0n) is 16.3. The number of sulfone groups is 1. The van der Waals surface area contributed by atoms with E-state index in [1.807, 2.05) is 12.1 Å². The number of rotatable bonds is 8. The minimum atomic E-state index is -2.94. The van der Waals surface area contributed by atoms with Crippen LogP contribution in [0.3, 0.4) is 0 Å². The van der Waals surface area contributed by atoms with E-state index in [2.05, 4.69) is 34.4 Å². The van der Waals surface area contributed by atoms with Crippen molar-refractivity contribution in [2.45, 2.75) is 31.6 Å². The molecular weight excluding hydrogens is 396 g/mol. The average molecular weight is 425 g/mol. The molecule has 0 unspecified atom stereocenters. The summed E-state index contributed by atoms with van der Waals surface area (Å²) in [6.07, 6.45) is 0.933. The van der Waals surface area contributed by atoms with Crippen LogP contribution in [0.1, 0.15) is 30.6 Å². The van der Waals surface area contributed by atoms with Gasteiger partial charge in [-0.2, -0.15) is 0 Å². The van der Waals surface area contributed by atoms with E-state index in [0.29, 0.717) is 12.1 Å². The van der Waals surface area contributed by atoms with Crippen LogP contribution in [-0.4, -0.2) is 73.4 Å². The second kappa shape index (κ2) is 9.28. The SMILES string of the molecule is CCN(CC)CCCNC(=O)c1ccc(NC2=N[C@H]3CS(=O)(=O)C[C@@H]3S2)cc1. The maximum atomic E-state index is 12.2. The van der Waals surface area contributed by atoms with Gasteiger partial charge in [-0.25, -0.2) is 8.42 Å². The molecule has 1 fully saturated rings. The van der Waals surface area contributed by atoms with Crippen LogP contribution in [0.2, 0.25) is 0 Å². The highest BCUT2D eigenvalue weighted by Gasteiger charge is 2.42. The molecule has 2 aliphatic heterocycles. The molecule has 9 heteroatoms. The first-order valence-corrected chi connectivity index (χ1v) is 12.4. The van der Waals surface area contributed by atoms with E-state index in [1.165, 1.54) is 11.8 Å². The van der Waals surface area contributed by atoms with Crippen molar-refractivity contribution >= 4 is 38.4 Å². The van der Waals surface area contributed by atoms with E-state index in [0.717, 1.165) is 36.9 Å². The van der Waals surface area contributed by atoms with Gasteiger partial charge < -0.3 is 15.5 Å². The molecule has 7 nitrogen and oxygen atoms in total. The molecule has 0 saturated carbocycles. The van der Waals surface area contributed by atoms with Gasteiger partial charge in [-0.15, -0.1) is 0 Å². The Morgan fingerprint density at radius 1 is 1.21 bits per heavy atom. The van der Waals surface area contributed by atoms with Gasteiger partial charge in [0.15, 0.2) is 15.0 Å². The summed E-state index contributed by atoms with van der Waals surface area (Å²) in [7, 11) is -2.94. The lowest BCUT2D eigenvalue weighted by atomic mass is 10.2. The molecule has 154 valence electrons. The molecule has 0 aliphatic carbocycles. The highest BCUT2D eigenvalue weighted by Crippen LogP contribution is 2.34. The van der Waals surface area contributed by atoms with Gasteiger partial charge in [0.25, 0.3) is 5.91 Å². The minimum Gasteiger partial charge on any atom is -0.352 e. The first-order valence-electron chi connectivity index (χ1n) is 9.72. The Morgan fingerprint density at radius 3 is 2.57 bits per heavy atom. The molecule has 0 spiro atoms. The first kappa shape index (κ1) is 21.1. The zero-order chi connectivity index (χ0) is 20.1. The second-order valence-electron chi connectivity index (χ2n) is 7.07. The summed E-state index contributed by atoms with van der Waals surface area (Å²) in [5, 5.41) is 6.95. The number of amidine groups is 1. The summed E-state index contributed by atoms with van der Waals surface area (Å²) < 4.78 is 23.3. The van der Waals surface area contributed by atoms with Crippen molar-refractivity contribution in [2.75, 3.05) is 43.0 Å². The van der Waals surface area contributed by atoms with E-state index < -0.39 is 9.84 Å². The number of hydrogen-bond acceptors (Lipinski definition) is 7. The number of carbonyl (C=O) groups is 1. The highest BCUT2D eigenvalue weighted by atomic mass is 32.2. The fourth-order valence-electron chi connectivity index (χ4n) is 3.39. The van der Waals surface area contributed by atoms with Gasteiger partial charge >= 0.3 is 0 Å². The van der Waals surface area contributed by atoms with Crippen LogP contribution in [-0.2, 0) is 9.84 Å². The molecule has 2 aliphatic rings. The van der Waals surface area contributed by atoms with Crippen molar-refractivity contribution in [1.29, 1.82) is 0 Å². The second-order valence-corrected chi connectivity index (χ2v) is 10.5. The molecule has 0 radical (unpaired) electrons. The number of fused-ring (bicyclic) bond motifs is 1. The van der Waals surface area contributed by atoms with Crippen LogP contribution in [0.5, 0.6) is 0 Å². The number of aliphatic imine (C=N–C) groups is 1. The normalized spacial score (nSPS) is 22.8. The molecule has 1 saturated heterocycles. The van der Waals surface area contributed by atoms with Crippen molar-refractivity contribution in [3.63, 3.8) is 0 Å². The number of benzene rings is 1. The maximum absolute atomic E-state index is 12.2. The number of hydrogen-bond donors (Lipinski definition) is 2. The molecule has 1 aromatic carbocycles. The quantitative estimate of drug-likeness (QED) is 0.619. The zero-order valence-corrected chi connectivity index (χ0v) is 18.0. The maximum Gasteiger partial charge on any atom is 0.251 e. The fourth-order valence-corrected chi connectivity index (χ4v) is 7.07. The van der Waals surface area contributed by atoms with Gasteiger partial charge in [0.2, 0.25) is 0 Å². The van der Waals surface area contributed by atoms with Crippen molar-refractivity contribution in [2.24, 2.45) is 4.99 Å². The van der Waals surface area contributed by atoms with Crippen molar-refractivity contribution in [1.82, 2.24) is 10.2 Å². The first-order chi connectivity index (χ1) is 13.4. The Balaban J connectivity index is 1.46. The summed E-state index contributed by atoms with van der Waals surface area (Å²) in [4.78, 5) is 19.1. The van der Waals surface area contributed by atoms with Crippen LogP contribution in [0.4, 0.5) is 5.69 Å². The molecule has 3 rings (SSSR count). The van der Waals surface area contributed by atoms with Gasteiger partial charge in [-0.3, -0.25) is 9.79 Å². The number of nitrogens with zero attached hydrogens (tertiary/aromatic N) is 2. The van der Waals surface area contributed by atoms with Crippen LogP contribution < -0.4 is 10.6 Å². The highest BCUT2D eigenvalue weighted by molar-refractivity contribution is 8.15. The van der Waals surface area contributed by atoms with Crippen molar-refractivity contribution in [3.05, 3.63) is 29.8 Å². The monoisotopic (exact) mass is 424 g/mol. The Hall–Kier alpha value is -1.58. The number of nitrogens with one attached hydrogen (secondary N) is 2. The summed E-state index contributed by atoms with van der Waals surface area (Å²) in [6, 6.07) is 7.12. The minimum absolute atomic E-state index is 0.0221. The van der Waals surface area contributed by atoms with Crippen molar-refractivity contribution in [3.8, 4) is 0 Å². The molecule has 2 N–H and O–H groups in total. The molecule has 1 aromatic rings. The topological polar surface area (TPSA) is 90.9 Å². The predicted octanol–water partition coefficient (Wildman–Crippen LogP) is 1.83. The van der Waals surface area contributed by atoms with Crippen LogP contribution in [0.15, 0.2) is 29.3 Å². The fraction of sp³-hybridized carbons (Fsp3) is 0.579.